The zero-order valence-corrected chi connectivity index (χ0v) is 17.8. The molecule has 0 aliphatic carbocycles. The van der Waals surface area contributed by atoms with Crippen LogP contribution in [-0.2, 0) is 4.79 Å². The number of thioether (sulfide) groups is 1. The smallest absolute Gasteiger partial charge is 0.293 e. The third kappa shape index (κ3) is 3.37. The van der Waals surface area contributed by atoms with Gasteiger partial charge in [0.15, 0.2) is 0 Å². The monoisotopic (exact) mass is 422 g/mol. The van der Waals surface area contributed by atoms with Crippen LogP contribution in [0.5, 0.6) is 11.6 Å². The zero-order chi connectivity index (χ0) is 21.3. The summed E-state index contributed by atoms with van der Waals surface area (Å²) in [6.45, 7) is 3.80. The highest BCUT2D eigenvalue weighted by atomic mass is 32.2. The first-order chi connectivity index (χ1) is 14.6. The lowest BCUT2D eigenvalue weighted by molar-refractivity contribution is -0.764. The maximum absolute atomic E-state index is 13.1. The Labute approximate surface area is 179 Å². The highest BCUT2D eigenvalue weighted by molar-refractivity contribution is 7.99. The fourth-order valence-corrected chi connectivity index (χ4v) is 4.22. The minimum atomic E-state index is -0.621. The average Bonchev–Trinajstić information content (AvgIpc) is 2.77. The number of anilines is 1. The molecule has 2 heterocycles. The third-order valence-corrected chi connectivity index (χ3v) is 5.67. The summed E-state index contributed by atoms with van der Waals surface area (Å²) in [6, 6.07) is 14.9. The number of nitrogens with zero attached hydrogens (tertiary/aromatic N) is 4. The van der Waals surface area contributed by atoms with Crippen LogP contribution in [0.15, 0.2) is 53.7 Å². The molecule has 30 heavy (non-hydrogen) atoms. The number of methoxy groups -OCH3 is 1. The van der Waals surface area contributed by atoms with E-state index in [0.717, 1.165) is 11.3 Å². The molecular weight excluding hydrogens is 400 g/mol. The number of rotatable bonds is 5. The van der Waals surface area contributed by atoms with Crippen LogP contribution in [0.2, 0.25) is 0 Å². The molecule has 3 aromatic rings. The van der Waals surface area contributed by atoms with Gasteiger partial charge < -0.3 is 9.84 Å². The Kier molecular flexibility index (Phi) is 5.59. The second kappa shape index (κ2) is 8.31. The number of para-hydroxylation sites is 1. The van der Waals surface area contributed by atoms with Crippen LogP contribution in [0.3, 0.4) is 0 Å². The summed E-state index contributed by atoms with van der Waals surface area (Å²) < 4.78 is 7.04. The molecule has 8 heteroatoms. The molecule has 0 N–H and O–H groups in total. The molecule has 1 atom stereocenters. The predicted molar refractivity (Wildman–Crippen MR) is 112 cm³/mol. The van der Waals surface area contributed by atoms with Crippen LogP contribution in [0, 0.1) is 0 Å². The maximum atomic E-state index is 13.1. The van der Waals surface area contributed by atoms with E-state index in [2.05, 4.69) is 10.1 Å². The molecule has 0 saturated heterocycles. The van der Waals surface area contributed by atoms with Gasteiger partial charge >= 0.3 is 0 Å². The van der Waals surface area contributed by atoms with Gasteiger partial charge in [-0.25, -0.2) is 9.88 Å². The largest absolute Gasteiger partial charge is 0.854 e. The van der Waals surface area contributed by atoms with E-state index in [1.165, 1.54) is 11.8 Å². The van der Waals surface area contributed by atoms with Crippen LogP contribution < -0.4 is 19.4 Å². The van der Waals surface area contributed by atoms with E-state index >= 15 is 0 Å². The highest BCUT2D eigenvalue weighted by Crippen LogP contribution is 2.41. The van der Waals surface area contributed by atoms with Crippen molar-refractivity contribution in [2.24, 2.45) is 0 Å². The van der Waals surface area contributed by atoms with Gasteiger partial charge in [0.1, 0.15) is 5.75 Å². The van der Waals surface area contributed by atoms with Gasteiger partial charge in [0.05, 0.1) is 24.2 Å². The number of carbonyl (C=O) groups excluding carboxylic acids is 1. The Balaban J connectivity index is 2.04. The summed E-state index contributed by atoms with van der Waals surface area (Å²) in [5, 5.41) is 18.1. The minimum Gasteiger partial charge on any atom is -0.854 e. The van der Waals surface area contributed by atoms with Gasteiger partial charge in [-0.15, -0.1) is 0 Å². The molecule has 0 saturated carbocycles. The Morgan fingerprint density at radius 3 is 2.77 bits per heavy atom. The van der Waals surface area contributed by atoms with E-state index in [1.54, 1.807) is 16.7 Å². The van der Waals surface area contributed by atoms with Crippen molar-refractivity contribution < 1.29 is 19.3 Å². The fourth-order valence-electron chi connectivity index (χ4n) is 3.67. The lowest BCUT2D eigenvalue weighted by atomic mass is 10.0. The maximum Gasteiger partial charge on any atom is 0.293 e. The molecule has 1 aliphatic heterocycles. The Hall–Kier alpha value is -3.13. The number of benzene rings is 2. The molecule has 154 valence electrons. The first-order valence-electron chi connectivity index (χ1n) is 9.78. The quantitative estimate of drug-likeness (QED) is 0.464. The third-order valence-electron chi connectivity index (χ3n) is 4.95. The number of hydrogen-bond acceptors (Lipinski definition) is 6. The van der Waals surface area contributed by atoms with Gasteiger partial charge in [0, 0.05) is 17.1 Å². The molecule has 2 aromatic carbocycles. The summed E-state index contributed by atoms with van der Waals surface area (Å²) in [6.07, 6.45) is -0.305. The second-order valence-corrected chi connectivity index (χ2v) is 7.94. The number of carbonyl (C=O) groups is 1. The van der Waals surface area contributed by atoms with Crippen molar-refractivity contribution in [3.63, 3.8) is 0 Å². The summed E-state index contributed by atoms with van der Waals surface area (Å²) in [5.41, 5.74) is 2.49. The van der Waals surface area contributed by atoms with Crippen LogP contribution in [0.25, 0.3) is 11.3 Å². The van der Waals surface area contributed by atoms with Gasteiger partial charge in [0.25, 0.3) is 17.0 Å². The van der Waals surface area contributed by atoms with Crippen molar-refractivity contribution >= 4 is 23.4 Å². The predicted octanol–water partition coefficient (Wildman–Crippen LogP) is 2.93. The van der Waals surface area contributed by atoms with Crippen LogP contribution in [0.4, 0.5) is 5.69 Å². The summed E-state index contributed by atoms with van der Waals surface area (Å²) in [7, 11) is 1.60. The molecule has 7 nitrogen and oxygen atoms in total. The van der Waals surface area contributed by atoms with Crippen molar-refractivity contribution in [3.05, 3.63) is 54.1 Å². The highest BCUT2D eigenvalue weighted by Gasteiger charge is 2.44. The van der Waals surface area contributed by atoms with E-state index in [9.17, 15) is 9.90 Å². The molecule has 0 radical (unpaired) electrons. The standard InChI is InChI=1S/C22H22N4O3S/c1-4-18(27)25-17-12-7-6-11-16(17)19-20(28)23-22(30-5-2)24-26(19)21(25)14-9-8-10-15(13-14)29-3/h6-13,21H,4-5H2,1-3H3. The van der Waals surface area contributed by atoms with E-state index in [4.69, 9.17) is 4.74 Å². The topological polar surface area (TPSA) is 82.3 Å². The number of ether oxygens (including phenoxy) is 1. The van der Waals surface area contributed by atoms with E-state index in [-0.39, 0.29) is 11.8 Å². The molecule has 0 spiro atoms. The Bertz CT molecular complexity index is 1110. The molecule has 4 rings (SSSR count). The van der Waals surface area contributed by atoms with E-state index in [0.29, 0.717) is 34.3 Å². The zero-order valence-electron chi connectivity index (χ0n) is 17.0. The molecule has 0 fully saturated rings. The molecular formula is C22H22N4O3S. The lowest BCUT2D eigenvalue weighted by Gasteiger charge is -2.33. The van der Waals surface area contributed by atoms with Gasteiger partial charge in [-0.05, 0) is 36.1 Å². The van der Waals surface area contributed by atoms with Crippen molar-refractivity contribution in [1.82, 2.24) is 10.1 Å². The number of fused-ring (bicyclic) bond motifs is 3. The van der Waals surface area contributed by atoms with Crippen LogP contribution in [-0.4, -0.2) is 28.9 Å². The number of hydrogen-bond donors (Lipinski definition) is 0. The Morgan fingerprint density at radius 1 is 1.23 bits per heavy atom. The van der Waals surface area contributed by atoms with Crippen molar-refractivity contribution in [2.45, 2.75) is 31.6 Å². The van der Waals surface area contributed by atoms with Gasteiger partial charge in [-0.1, -0.05) is 48.5 Å². The first-order valence-corrected chi connectivity index (χ1v) is 10.8. The lowest BCUT2D eigenvalue weighted by Crippen LogP contribution is -2.59. The summed E-state index contributed by atoms with van der Waals surface area (Å²) >= 11 is 1.39. The van der Waals surface area contributed by atoms with Crippen molar-refractivity contribution in [3.8, 4) is 22.9 Å². The normalized spacial score (nSPS) is 14.8. The summed E-state index contributed by atoms with van der Waals surface area (Å²) in [5.74, 6) is 0.975. The van der Waals surface area contributed by atoms with Crippen LogP contribution in [0.1, 0.15) is 32.0 Å². The van der Waals surface area contributed by atoms with Crippen molar-refractivity contribution in [1.29, 1.82) is 0 Å². The summed E-state index contributed by atoms with van der Waals surface area (Å²) in [4.78, 5) is 19.0. The molecule has 1 unspecified atom stereocenters. The fraction of sp³-hybridized carbons (Fsp3) is 0.273. The van der Waals surface area contributed by atoms with Gasteiger partial charge in [-0.3, -0.25) is 4.79 Å². The minimum absolute atomic E-state index is 0.0656. The average molecular weight is 423 g/mol. The van der Waals surface area contributed by atoms with Crippen molar-refractivity contribution in [2.75, 3.05) is 17.8 Å². The van der Waals surface area contributed by atoms with Gasteiger partial charge in [-0.2, -0.15) is 0 Å². The van der Waals surface area contributed by atoms with E-state index in [1.807, 2.05) is 62.4 Å². The first kappa shape index (κ1) is 20.2. The Morgan fingerprint density at radius 2 is 2.03 bits per heavy atom. The second-order valence-electron chi connectivity index (χ2n) is 6.71. The molecule has 0 bridgehead atoms. The van der Waals surface area contributed by atoms with Gasteiger partial charge in [0.2, 0.25) is 5.91 Å². The SMILES string of the molecule is CCSc1nc([O-])c2[n+](n1)C(c1cccc(OC)c1)N(C(=O)CC)c1ccccc1-2. The van der Waals surface area contributed by atoms with E-state index < -0.39 is 6.17 Å². The molecule has 1 aromatic heterocycles. The molecule has 1 amide bonds. The molecule has 1 aliphatic rings. The number of aromatic nitrogens is 3. The number of amides is 1. The van der Waals surface area contributed by atoms with Crippen LogP contribution >= 0.6 is 11.8 Å².